The Hall–Kier alpha value is -2.71. The van der Waals surface area contributed by atoms with Crippen molar-refractivity contribution in [2.75, 3.05) is 13.2 Å². The number of carbonyl (C=O) groups is 3. The lowest BCUT2D eigenvalue weighted by atomic mass is 10.2. The summed E-state index contributed by atoms with van der Waals surface area (Å²) >= 11 is 0. The second-order valence-electron chi connectivity index (χ2n) is 4.64. The van der Waals surface area contributed by atoms with Gasteiger partial charge >= 0.3 is 18.6 Å². The molecule has 1 aromatic rings. The number of ether oxygens (including phenoxy) is 2. The molecule has 0 fully saturated rings. The fraction of sp³-hybridized carbons (Fsp3) is 0.400. The zero-order chi connectivity index (χ0) is 17.9. The van der Waals surface area contributed by atoms with Crippen LogP contribution < -0.4 is 15.4 Å². The molecular weight excluding hydrogens is 326 g/mol. The van der Waals surface area contributed by atoms with Crippen LogP contribution in [0.2, 0.25) is 0 Å². The van der Waals surface area contributed by atoms with Crippen LogP contribution in [0.25, 0.3) is 0 Å². The Morgan fingerprint density at radius 1 is 1.17 bits per heavy atom. The van der Waals surface area contributed by atoms with Gasteiger partial charge < -0.3 is 14.8 Å². The van der Waals surface area contributed by atoms with E-state index in [0.717, 1.165) is 12.8 Å². The third kappa shape index (κ3) is 7.52. The van der Waals surface area contributed by atoms with Crippen LogP contribution in [-0.2, 0) is 9.53 Å². The number of imide groups is 1. The first kappa shape index (κ1) is 19.3. The van der Waals surface area contributed by atoms with Gasteiger partial charge in [-0.05, 0) is 30.7 Å². The summed E-state index contributed by atoms with van der Waals surface area (Å²) < 4.78 is 32.9. The van der Waals surface area contributed by atoms with E-state index >= 15 is 0 Å². The summed E-state index contributed by atoms with van der Waals surface area (Å²) in [4.78, 5) is 34.4. The highest BCUT2D eigenvalue weighted by molar-refractivity contribution is 5.97. The van der Waals surface area contributed by atoms with Crippen LogP contribution >= 0.6 is 0 Å². The van der Waals surface area contributed by atoms with Crippen LogP contribution in [0.1, 0.15) is 30.1 Å². The van der Waals surface area contributed by atoms with E-state index in [0.29, 0.717) is 6.54 Å². The fourth-order valence-corrected chi connectivity index (χ4v) is 1.57. The van der Waals surface area contributed by atoms with Gasteiger partial charge in [-0.3, -0.25) is 10.1 Å². The summed E-state index contributed by atoms with van der Waals surface area (Å²) in [6, 6.07) is 4.11. The van der Waals surface area contributed by atoms with E-state index in [1.807, 2.05) is 12.2 Å². The number of unbranched alkanes of at least 4 members (excludes halogenated alkanes) is 1. The molecule has 0 aliphatic rings. The van der Waals surface area contributed by atoms with E-state index in [2.05, 4.69) is 10.1 Å². The average Bonchev–Trinajstić information content (AvgIpc) is 2.53. The van der Waals surface area contributed by atoms with E-state index in [4.69, 9.17) is 4.74 Å². The molecule has 0 saturated heterocycles. The predicted octanol–water partition coefficient (Wildman–Crippen LogP) is 2.07. The highest BCUT2D eigenvalue weighted by Crippen LogP contribution is 2.15. The Morgan fingerprint density at radius 2 is 1.83 bits per heavy atom. The summed E-state index contributed by atoms with van der Waals surface area (Å²) in [6.45, 7) is -1.22. The van der Waals surface area contributed by atoms with Gasteiger partial charge in [0.1, 0.15) is 5.75 Å². The quantitative estimate of drug-likeness (QED) is 0.556. The van der Waals surface area contributed by atoms with Crippen LogP contribution in [-0.4, -0.2) is 37.7 Å². The standard InChI is InChI=1S/C15H18F2N2O5/c1-2-3-8-18-15(22)19-12(20)9-23-13(21)10-4-6-11(7-5-10)24-14(16)17/h4-7,14H,2-3,8-9H2,1H3,(H2,18,19,20,22). The lowest BCUT2D eigenvalue weighted by molar-refractivity contribution is -0.123. The molecule has 0 radical (unpaired) electrons. The van der Waals surface area contributed by atoms with Gasteiger partial charge in [0.15, 0.2) is 6.61 Å². The molecule has 0 saturated carbocycles. The minimum Gasteiger partial charge on any atom is -0.452 e. The van der Waals surface area contributed by atoms with Gasteiger partial charge in [0.2, 0.25) is 0 Å². The highest BCUT2D eigenvalue weighted by Gasteiger charge is 2.13. The van der Waals surface area contributed by atoms with Crippen molar-refractivity contribution in [2.45, 2.75) is 26.4 Å². The molecule has 0 aliphatic heterocycles. The Kier molecular flexibility index (Phi) is 8.17. The van der Waals surface area contributed by atoms with Crippen LogP contribution in [0.3, 0.4) is 0 Å². The minimum absolute atomic E-state index is 0.0526. The largest absolute Gasteiger partial charge is 0.452 e. The molecule has 0 bridgehead atoms. The van der Waals surface area contributed by atoms with E-state index in [-0.39, 0.29) is 11.3 Å². The van der Waals surface area contributed by atoms with Gasteiger partial charge in [0.05, 0.1) is 5.56 Å². The molecular formula is C15H18F2N2O5. The summed E-state index contributed by atoms with van der Waals surface area (Å²) in [6.07, 6.45) is 1.68. The molecule has 0 aromatic heterocycles. The number of alkyl halides is 2. The number of carbonyl (C=O) groups excluding carboxylic acids is 3. The summed E-state index contributed by atoms with van der Waals surface area (Å²) in [5.41, 5.74) is 0.0526. The van der Waals surface area contributed by atoms with E-state index in [9.17, 15) is 23.2 Å². The summed E-state index contributed by atoms with van der Waals surface area (Å²) in [5.74, 6) is -1.72. The lowest BCUT2D eigenvalue weighted by Gasteiger charge is -2.08. The normalized spacial score (nSPS) is 10.2. The van der Waals surface area contributed by atoms with Gasteiger partial charge in [0, 0.05) is 6.54 Å². The third-order valence-corrected chi connectivity index (χ3v) is 2.72. The first-order chi connectivity index (χ1) is 11.4. The number of esters is 1. The smallest absolute Gasteiger partial charge is 0.387 e. The van der Waals surface area contributed by atoms with Crippen LogP contribution in [0, 0.1) is 0 Å². The van der Waals surface area contributed by atoms with Gasteiger partial charge in [-0.15, -0.1) is 0 Å². The highest BCUT2D eigenvalue weighted by atomic mass is 19.3. The molecule has 0 unspecified atom stereocenters. The Labute approximate surface area is 137 Å². The number of rotatable bonds is 8. The van der Waals surface area contributed by atoms with Crippen molar-refractivity contribution in [3.05, 3.63) is 29.8 Å². The maximum atomic E-state index is 12.0. The second kappa shape index (κ2) is 10.1. The zero-order valence-electron chi connectivity index (χ0n) is 13.0. The molecule has 132 valence electrons. The van der Waals surface area contributed by atoms with Crippen molar-refractivity contribution in [3.8, 4) is 5.75 Å². The van der Waals surface area contributed by atoms with Crippen LogP contribution in [0.5, 0.6) is 5.75 Å². The molecule has 2 N–H and O–H groups in total. The molecule has 7 nitrogen and oxygen atoms in total. The Bertz CT molecular complexity index is 563. The number of amides is 3. The Morgan fingerprint density at radius 3 is 2.42 bits per heavy atom. The summed E-state index contributed by atoms with van der Waals surface area (Å²) in [5, 5.41) is 4.48. The van der Waals surface area contributed by atoms with Crippen molar-refractivity contribution in [2.24, 2.45) is 0 Å². The topological polar surface area (TPSA) is 93.7 Å². The molecule has 1 rings (SSSR count). The van der Waals surface area contributed by atoms with Crippen molar-refractivity contribution in [1.29, 1.82) is 0 Å². The predicted molar refractivity (Wildman–Crippen MR) is 79.8 cm³/mol. The van der Waals surface area contributed by atoms with E-state index < -0.39 is 31.1 Å². The molecule has 24 heavy (non-hydrogen) atoms. The number of hydrogen-bond acceptors (Lipinski definition) is 5. The maximum absolute atomic E-state index is 12.0. The molecule has 1 aromatic carbocycles. The number of benzene rings is 1. The SMILES string of the molecule is CCCCNC(=O)NC(=O)COC(=O)c1ccc(OC(F)F)cc1. The number of urea groups is 1. The number of halogens is 2. The monoisotopic (exact) mass is 344 g/mol. The van der Waals surface area contributed by atoms with Crippen LogP contribution in [0.4, 0.5) is 13.6 Å². The second-order valence-corrected chi connectivity index (χ2v) is 4.64. The van der Waals surface area contributed by atoms with E-state index in [1.165, 1.54) is 24.3 Å². The summed E-state index contributed by atoms with van der Waals surface area (Å²) in [7, 11) is 0. The van der Waals surface area contributed by atoms with Crippen LogP contribution in [0.15, 0.2) is 24.3 Å². The Balaban J connectivity index is 2.37. The van der Waals surface area contributed by atoms with Gasteiger partial charge in [-0.1, -0.05) is 13.3 Å². The van der Waals surface area contributed by atoms with Crippen molar-refractivity contribution in [1.82, 2.24) is 10.6 Å². The molecule has 0 heterocycles. The molecule has 3 amide bonds. The zero-order valence-corrected chi connectivity index (χ0v) is 13.0. The van der Waals surface area contributed by atoms with Gasteiger partial charge in [-0.25, -0.2) is 9.59 Å². The minimum atomic E-state index is -2.96. The fourth-order valence-electron chi connectivity index (χ4n) is 1.57. The van der Waals surface area contributed by atoms with Crippen molar-refractivity contribution >= 4 is 17.9 Å². The maximum Gasteiger partial charge on any atom is 0.387 e. The molecule has 0 aliphatic carbocycles. The van der Waals surface area contributed by atoms with Crippen molar-refractivity contribution < 1.29 is 32.6 Å². The average molecular weight is 344 g/mol. The molecule has 0 spiro atoms. The van der Waals surface area contributed by atoms with Crippen molar-refractivity contribution in [3.63, 3.8) is 0 Å². The molecule has 0 atom stereocenters. The molecule has 9 heteroatoms. The first-order valence-corrected chi connectivity index (χ1v) is 7.22. The number of hydrogen-bond donors (Lipinski definition) is 2. The van der Waals surface area contributed by atoms with E-state index in [1.54, 1.807) is 0 Å². The third-order valence-electron chi connectivity index (χ3n) is 2.72. The van der Waals surface area contributed by atoms with Gasteiger partial charge in [-0.2, -0.15) is 8.78 Å². The number of nitrogens with one attached hydrogen (secondary N) is 2. The van der Waals surface area contributed by atoms with Gasteiger partial charge in [0.25, 0.3) is 5.91 Å². The first-order valence-electron chi connectivity index (χ1n) is 7.22. The lowest BCUT2D eigenvalue weighted by Crippen LogP contribution is -2.41.